The molecule has 0 aromatic carbocycles. The van der Waals surface area contributed by atoms with Crippen molar-refractivity contribution in [2.75, 3.05) is 6.54 Å². The van der Waals surface area contributed by atoms with E-state index in [0.29, 0.717) is 6.04 Å². The molecular weight excluding hydrogens is 212 g/mol. The van der Waals surface area contributed by atoms with E-state index in [4.69, 9.17) is 0 Å². The van der Waals surface area contributed by atoms with Crippen LogP contribution in [0.15, 0.2) is 0 Å². The van der Waals surface area contributed by atoms with E-state index in [9.17, 15) is 4.79 Å². The van der Waals surface area contributed by atoms with Gasteiger partial charge in [-0.2, -0.15) is 0 Å². The normalized spacial score (nSPS) is 29.1. The van der Waals surface area contributed by atoms with Crippen molar-refractivity contribution in [1.82, 2.24) is 10.6 Å². The van der Waals surface area contributed by atoms with Gasteiger partial charge in [0.25, 0.3) is 0 Å². The molecule has 4 heteroatoms. The van der Waals surface area contributed by atoms with Crippen molar-refractivity contribution in [2.45, 2.75) is 51.6 Å². The molecular formula is C11H21ClN2O. The zero-order valence-corrected chi connectivity index (χ0v) is 10.3. The zero-order valence-electron chi connectivity index (χ0n) is 9.51. The highest BCUT2D eigenvalue weighted by Gasteiger charge is 2.43. The van der Waals surface area contributed by atoms with Gasteiger partial charge in [0.05, 0.1) is 6.04 Å². The summed E-state index contributed by atoms with van der Waals surface area (Å²) in [6.07, 6.45) is 4.87. The van der Waals surface area contributed by atoms with Crippen LogP contribution in [0.2, 0.25) is 0 Å². The van der Waals surface area contributed by atoms with Crippen LogP contribution in [-0.4, -0.2) is 24.5 Å². The number of hydrogen-bond acceptors (Lipinski definition) is 2. The van der Waals surface area contributed by atoms with Gasteiger partial charge in [-0.3, -0.25) is 4.79 Å². The number of nitrogens with one attached hydrogen (secondary N) is 2. The van der Waals surface area contributed by atoms with Crippen molar-refractivity contribution >= 4 is 18.3 Å². The van der Waals surface area contributed by atoms with Gasteiger partial charge in [-0.05, 0) is 12.8 Å². The molecule has 2 rings (SSSR count). The van der Waals surface area contributed by atoms with Crippen molar-refractivity contribution in [3.05, 3.63) is 0 Å². The number of hydrogen-bond donors (Lipinski definition) is 2. The molecule has 2 aliphatic rings. The van der Waals surface area contributed by atoms with E-state index in [1.165, 1.54) is 25.7 Å². The van der Waals surface area contributed by atoms with Gasteiger partial charge in [-0.1, -0.05) is 26.7 Å². The Bertz CT molecular complexity index is 237. The van der Waals surface area contributed by atoms with E-state index >= 15 is 0 Å². The third-order valence-electron chi connectivity index (χ3n) is 3.51. The summed E-state index contributed by atoms with van der Waals surface area (Å²) < 4.78 is 0. The zero-order chi connectivity index (χ0) is 10.2. The number of carbonyl (C=O) groups excluding carboxylic acids is 1. The Morgan fingerprint density at radius 2 is 1.93 bits per heavy atom. The molecule has 1 unspecified atom stereocenters. The Morgan fingerprint density at radius 3 is 2.33 bits per heavy atom. The van der Waals surface area contributed by atoms with E-state index in [0.717, 1.165) is 6.54 Å². The topological polar surface area (TPSA) is 41.1 Å². The minimum Gasteiger partial charge on any atom is -0.352 e. The summed E-state index contributed by atoms with van der Waals surface area (Å²) in [6.45, 7) is 5.24. The lowest BCUT2D eigenvalue weighted by atomic mass is 9.77. The largest absolute Gasteiger partial charge is 0.352 e. The molecule has 3 nitrogen and oxygen atoms in total. The molecule has 0 bridgehead atoms. The average molecular weight is 233 g/mol. The summed E-state index contributed by atoms with van der Waals surface area (Å²) in [5.41, 5.74) is 0.142. The lowest BCUT2D eigenvalue weighted by molar-refractivity contribution is -0.130. The third-order valence-corrected chi connectivity index (χ3v) is 3.51. The van der Waals surface area contributed by atoms with Crippen molar-refractivity contribution in [3.8, 4) is 0 Å². The second-order valence-corrected chi connectivity index (χ2v) is 5.29. The van der Waals surface area contributed by atoms with Crippen LogP contribution in [0.1, 0.15) is 39.5 Å². The predicted octanol–water partition coefficient (Wildman–Crippen LogP) is 1.46. The Balaban J connectivity index is 0.00000112. The van der Waals surface area contributed by atoms with Crippen LogP contribution in [0.5, 0.6) is 0 Å². The molecule has 1 amide bonds. The first-order valence-electron chi connectivity index (χ1n) is 5.63. The molecule has 1 saturated heterocycles. The summed E-state index contributed by atoms with van der Waals surface area (Å²) in [5.74, 6) is 0.202. The molecule has 1 heterocycles. The molecule has 2 fully saturated rings. The molecule has 15 heavy (non-hydrogen) atoms. The van der Waals surface area contributed by atoms with Gasteiger partial charge in [0.1, 0.15) is 0 Å². The quantitative estimate of drug-likeness (QED) is 0.757. The van der Waals surface area contributed by atoms with Gasteiger partial charge in [0.15, 0.2) is 0 Å². The van der Waals surface area contributed by atoms with Gasteiger partial charge >= 0.3 is 0 Å². The van der Waals surface area contributed by atoms with Crippen molar-refractivity contribution in [1.29, 1.82) is 0 Å². The van der Waals surface area contributed by atoms with Crippen LogP contribution in [0.3, 0.4) is 0 Å². The number of amides is 1. The molecule has 1 saturated carbocycles. The van der Waals surface area contributed by atoms with Gasteiger partial charge in [-0.15, -0.1) is 12.4 Å². The Morgan fingerprint density at radius 1 is 1.33 bits per heavy atom. The number of halogens is 1. The summed E-state index contributed by atoms with van der Waals surface area (Å²) in [7, 11) is 0. The molecule has 2 N–H and O–H groups in total. The molecule has 0 aromatic heterocycles. The fourth-order valence-corrected chi connectivity index (χ4v) is 2.41. The minimum absolute atomic E-state index is 0. The van der Waals surface area contributed by atoms with E-state index in [1.807, 2.05) is 0 Å². The first-order chi connectivity index (χ1) is 6.59. The SMILES string of the molecule is CC1(C)CNC1C(=O)NC1CCCC1.Cl. The summed E-state index contributed by atoms with van der Waals surface area (Å²) >= 11 is 0. The van der Waals surface area contributed by atoms with Crippen LogP contribution in [0, 0.1) is 5.41 Å². The summed E-state index contributed by atoms with van der Waals surface area (Å²) in [6, 6.07) is 0.476. The van der Waals surface area contributed by atoms with E-state index in [1.54, 1.807) is 0 Å². The minimum atomic E-state index is 0. The van der Waals surface area contributed by atoms with Crippen LogP contribution in [-0.2, 0) is 4.79 Å². The highest BCUT2D eigenvalue weighted by Crippen LogP contribution is 2.28. The molecule has 88 valence electrons. The molecule has 0 aromatic rings. The van der Waals surface area contributed by atoms with Gasteiger partial charge in [0, 0.05) is 18.0 Å². The van der Waals surface area contributed by atoms with Gasteiger partial charge in [0.2, 0.25) is 5.91 Å². The van der Waals surface area contributed by atoms with E-state index < -0.39 is 0 Å². The summed E-state index contributed by atoms with van der Waals surface area (Å²) in [5, 5.41) is 6.33. The fraction of sp³-hybridized carbons (Fsp3) is 0.909. The van der Waals surface area contributed by atoms with E-state index in [2.05, 4.69) is 24.5 Å². The number of rotatable bonds is 2. The van der Waals surface area contributed by atoms with Crippen molar-refractivity contribution in [3.63, 3.8) is 0 Å². The summed E-state index contributed by atoms with van der Waals surface area (Å²) in [4.78, 5) is 11.8. The smallest absolute Gasteiger partial charge is 0.237 e. The molecule has 0 spiro atoms. The van der Waals surface area contributed by atoms with Crippen LogP contribution >= 0.6 is 12.4 Å². The van der Waals surface area contributed by atoms with Gasteiger partial charge < -0.3 is 10.6 Å². The lowest BCUT2D eigenvalue weighted by Crippen LogP contribution is -2.66. The van der Waals surface area contributed by atoms with Crippen molar-refractivity contribution < 1.29 is 4.79 Å². The lowest BCUT2D eigenvalue weighted by Gasteiger charge is -2.44. The van der Waals surface area contributed by atoms with Gasteiger partial charge in [-0.25, -0.2) is 0 Å². The number of carbonyl (C=O) groups is 1. The maximum absolute atomic E-state index is 11.8. The molecule has 1 atom stereocenters. The Hall–Kier alpha value is -0.280. The van der Waals surface area contributed by atoms with Crippen LogP contribution in [0.25, 0.3) is 0 Å². The first kappa shape index (κ1) is 12.8. The highest BCUT2D eigenvalue weighted by molar-refractivity contribution is 5.85. The standard InChI is InChI=1S/C11H20N2O.ClH/c1-11(2)7-12-9(11)10(14)13-8-5-3-4-6-8;/h8-9,12H,3-7H2,1-2H3,(H,13,14);1H. The predicted molar refractivity (Wildman–Crippen MR) is 63.2 cm³/mol. The maximum Gasteiger partial charge on any atom is 0.237 e. The van der Waals surface area contributed by atoms with Crippen LogP contribution < -0.4 is 10.6 Å². The monoisotopic (exact) mass is 232 g/mol. The second-order valence-electron chi connectivity index (χ2n) is 5.29. The average Bonchev–Trinajstić information content (AvgIpc) is 2.55. The van der Waals surface area contributed by atoms with Crippen molar-refractivity contribution in [2.24, 2.45) is 5.41 Å². The Kier molecular flexibility index (Phi) is 4.01. The van der Waals surface area contributed by atoms with Crippen LogP contribution in [0.4, 0.5) is 0 Å². The molecule has 1 aliphatic carbocycles. The highest BCUT2D eigenvalue weighted by atomic mass is 35.5. The van der Waals surface area contributed by atoms with E-state index in [-0.39, 0.29) is 29.8 Å². The molecule has 0 radical (unpaired) electrons. The third kappa shape index (κ3) is 2.64. The Labute approximate surface area is 97.8 Å². The first-order valence-corrected chi connectivity index (χ1v) is 5.63. The maximum atomic E-state index is 11.8. The molecule has 1 aliphatic heterocycles. The second kappa shape index (κ2) is 4.71. The fourth-order valence-electron chi connectivity index (χ4n) is 2.41.